The Bertz CT molecular complexity index is 839. The fraction of sp³-hybridized carbons (Fsp3) is 0.600. The predicted molar refractivity (Wildman–Crippen MR) is 112 cm³/mol. The van der Waals surface area contributed by atoms with E-state index in [4.69, 9.17) is 4.74 Å². The number of halogens is 1. The van der Waals surface area contributed by atoms with Gasteiger partial charge in [0, 0.05) is 24.1 Å². The van der Waals surface area contributed by atoms with E-state index in [-0.39, 0.29) is 30.5 Å². The normalized spacial score (nSPS) is 20.3. The molecule has 0 aromatic heterocycles. The molecule has 1 aliphatic carbocycles. The molecule has 2 fully saturated rings. The third-order valence-electron chi connectivity index (χ3n) is 5.30. The van der Waals surface area contributed by atoms with Crippen LogP contribution in [0.2, 0.25) is 0 Å². The second-order valence-electron chi connectivity index (χ2n) is 7.62. The molecule has 9 heteroatoms. The Labute approximate surface area is 180 Å². The quantitative estimate of drug-likeness (QED) is 0.527. The fourth-order valence-electron chi connectivity index (χ4n) is 3.58. The van der Waals surface area contributed by atoms with Gasteiger partial charge in [-0.2, -0.15) is 4.31 Å². The maximum atomic E-state index is 13.1. The molecule has 1 aromatic carbocycles. The van der Waals surface area contributed by atoms with Crippen LogP contribution in [0.25, 0.3) is 0 Å². The number of ether oxygens (including phenoxy) is 1. The zero-order valence-electron chi connectivity index (χ0n) is 16.5. The first-order valence-electron chi connectivity index (χ1n) is 10.0. The summed E-state index contributed by atoms with van der Waals surface area (Å²) in [4.78, 5) is 26.9. The molecule has 1 heterocycles. The molecule has 7 nitrogen and oxygen atoms in total. The Morgan fingerprint density at radius 1 is 1.21 bits per heavy atom. The zero-order valence-corrected chi connectivity index (χ0v) is 19.0. The van der Waals surface area contributed by atoms with Crippen LogP contribution in [-0.4, -0.2) is 62.3 Å². The maximum Gasteiger partial charge on any atom is 0.325 e. The van der Waals surface area contributed by atoms with Gasteiger partial charge in [-0.1, -0.05) is 15.9 Å². The van der Waals surface area contributed by atoms with Crippen LogP contribution in [0.5, 0.6) is 0 Å². The number of nitrogens with zero attached hydrogens (tertiary/aromatic N) is 2. The number of benzene rings is 1. The van der Waals surface area contributed by atoms with Gasteiger partial charge in [-0.3, -0.25) is 9.59 Å². The molecule has 0 bridgehead atoms. The van der Waals surface area contributed by atoms with E-state index in [9.17, 15) is 18.0 Å². The largest absolute Gasteiger partial charge is 0.465 e. The molecule has 0 N–H and O–H groups in total. The number of rotatable bonds is 8. The lowest BCUT2D eigenvalue weighted by Gasteiger charge is -2.34. The number of piperidine rings is 1. The third kappa shape index (κ3) is 5.79. The average Bonchev–Trinajstić information content (AvgIpc) is 3.51. The van der Waals surface area contributed by atoms with E-state index in [2.05, 4.69) is 15.9 Å². The molecule has 29 heavy (non-hydrogen) atoms. The van der Waals surface area contributed by atoms with Crippen LogP contribution in [-0.2, 0) is 24.3 Å². The number of carbonyl (C=O) groups is 2. The summed E-state index contributed by atoms with van der Waals surface area (Å²) in [7, 11) is -3.66. The van der Waals surface area contributed by atoms with E-state index in [1.54, 1.807) is 36.1 Å². The van der Waals surface area contributed by atoms with Crippen LogP contribution < -0.4 is 0 Å². The van der Waals surface area contributed by atoms with Crippen LogP contribution >= 0.6 is 15.9 Å². The van der Waals surface area contributed by atoms with Crippen LogP contribution in [0.4, 0.5) is 0 Å². The first kappa shape index (κ1) is 22.2. The van der Waals surface area contributed by atoms with E-state index in [0.717, 1.165) is 17.3 Å². The van der Waals surface area contributed by atoms with Crippen molar-refractivity contribution in [2.75, 3.05) is 32.8 Å². The highest BCUT2D eigenvalue weighted by atomic mass is 79.9. The number of amides is 1. The van der Waals surface area contributed by atoms with Crippen LogP contribution in [0.1, 0.15) is 32.6 Å². The monoisotopic (exact) mass is 486 g/mol. The number of sulfonamides is 1. The highest BCUT2D eigenvalue weighted by molar-refractivity contribution is 9.10. The predicted octanol–water partition coefficient (Wildman–Crippen LogP) is 2.65. The molecule has 0 spiro atoms. The summed E-state index contributed by atoms with van der Waals surface area (Å²) in [5, 5.41) is 0. The SMILES string of the molecule is CCOC(=O)CN(CC1CC1)C(=O)C1CCCN(S(=O)(=O)c2ccc(Br)cc2)C1. The number of esters is 1. The van der Waals surface area contributed by atoms with E-state index < -0.39 is 21.9 Å². The van der Waals surface area contributed by atoms with Gasteiger partial charge >= 0.3 is 5.97 Å². The van der Waals surface area contributed by atoms with Gasteiger partial charge in [0.1, 0.15) is 6.54 Å². The van der Waals surface area contributed by atoms with E-state index in [1.807, 2.05) is 0 Å². The molecule has 1 saturated heterocycles. The van der Waals surface area contributed by atoms with Crippen molar-refractivity contribution in [2.45, 2.75) is 37.5 Å². The Morgan fingerprint density at radius 3 is 2.52 bits per heavy atom. The summed E-state index contributed by atoms with van der Waals surface area (Å²) in [5.41, 5.74) is 0. The first-order valence-corrected chi connectivity index (χ1v) is 12.2. The minimum atomic E-state index is -3.66. The highest BCUT2D eigenvalue weighted by Gasteiger charge is 2.37. The molecule has 2 aliphatic rings. The van der Waals surface area contributed by atoms with Crippen molar-refractivity contribution < 1.29 is 22.7 Å². The molecule has 1 atom stereocenters. The van der Waals surface area contributed by atoms with Gasteiger partial charge in [0.25, 0.3) is 0 Å². The van der Waals surface area contributed by atoms with Crippen molar-refractivity contribution in [3.63, 3.8) is 0 Å². The van der Waals surface area contributed by atoms with Crippen LogP contribution in [0, 0.1) is 11.8 Å². The van der Waals surface area contributed by atoms with Gasteiger partial charge in [0.15, 0.2) is 0 Å². The molecular weight excluding hydrogens is 460 g/mol. The van der Waals surface area contributed by atoms with Gasteiger partial charge in [-0.05, 0) is 62.8 Å². The van der Waals surface area contributed by atoms with Gasteiger partial charge in [0.2, 0.25) is 15.9 Å². The first-order chi connectivity index (χ1) is 13.8. The summed E-state index contributed by atoms with van der Waals surface area (Å²) in [6, 6.07) is 6.50. The molecule has 160 valence electrons. The molecule has 1 aromatic rings. The second-order valence-corrected chi connectivity index (χ2v) is 10.5. The van der Waals surface area contributed by atoms with E-state index in [1.165, 1.54) is 4.31 Å². The molecular formula is C20H27BrN2O5S. The van der Waals surface area contributed by atoms with Gasteiger partial charge in [-0.25, -0.2) is 8.42 Å². The highest BCUT2D eigenvalue weighted by Crippen LogP contribution is 2.31. The molecule has 1 amide bonds. The van der Waals surface area contributed by atoms with Crippen LogP contribution in [0.15, 0.2) is 33.6 Å². The van der Waals surface area contributed by atoms with Crippen molar-refractivity contribution in [2.24, 2.45) is 11.8 Å². The van der Waals surface area contributed by atoms with Crippen molar-refractivity contribution in [1.82, 2.24) is 9.21 Å². The number of hydrogen-bond acceptors (Lipinski definition) is 5. The smallest absolute Gasteiger partial charge is 0.325 e. The Hall–Kier alpha value is -1.45. The molecule has 0 radical (unpaired) electrons. The Balaban J connectivity index is 1.71. The van der Waals surface area contributed by atoms with Gasteiger partial charge in [-0.15, -0.1) is 0 Å². The minimum Gasteiger partial charge on any atom is -0.465 e. The fourth-order valence-corrected chi connectivity index (χ4v) is 5.37. The Morgan fingerprint density at radius 2 is 1.90 bits per heavy atom. The standard InChI is InChI=1S/C20H27BrN2O5S/c1-2-28-19(24)14-22(12-15-5-6-15)20(25)16-4-3-11-23(13-16)29(26,27)18-9-7-17(21)8-10-18/h7-10,15-16H,2-6,11-14H2,1H3. The minimum absolute atomic E-state index is 0.0703. The number of hydrogen-bond donors (Lipinski definition) is 0. The maximum absolute atomic E-state index is 13.1. The lowest BCUT2D eigenvalue weighted by atomic mass is 9.98. The summed E-state index contributed by atoms with van der Waals surface area (Å²) >= 11 is 3.31. The molecule has 1 saturated carbocycles. The van der Waals surface area contributed by atoms with Crippen molar-refractivity contribution >= 4 is 37.8 Å². The molecule has 1 unspecified atom stereocenters. The summed E-state index contributed by atoms with van der Waals surface area (Å²) in [5.74, 6) is -0.584. The van der Waals surface area contributed by atoms with Gasteiger partial charge in [0.05, 0.1) is 17.4 Å². The van der Waals surface area contributed by atoms with Gasteiger partial charge < -0.3 is 9.64 Å². The lowest BCUT2D eigenvalue weighted by molar-refractivity contribution is -0.150. The summed E-state index contributed by atoms with van der Waals surface area (Å²) < 4.78 is 33.2. The molecule has 3 rings (SSSR count). The Kier molecular flexibility index (Phi) is 7.34. The lowest BCUT2D eigenvalue weighted by Crippen LogP contribution is -2.48. The topological polar surface area (TPSA) is 84.0 Å². The third-order valence-corrected chi connectivity index (χ3v) is 7.71. The van der Waals surface area contributed by atoms with Crippen molar-refractivity contribution in [1.29, 1.82) is 0 Å². The van der Waals surface area contributed by atoms with Crippen molar-refractivity contribution in [3.05, 3.63) is 28.7 Å². The van der Waals surface area contributed by atoms with E-state index >= 15 is 0 Å². The molecule has 1 aliphatic heterocycles. The number of carbonyl (C=O) groups excluding carboxylic acids is 2. The van der Waals surface area contributed by atoms with Crippen LogP contribution in [0.3, 0.4) is 0 Å². The van der Waals surface area contributed by atoms with Crippen molar-refractivity contribution in [3.8, 4) is 0 Å². The summed E-state index contributed by atoms with van der Waals surface area (Å²) in [6.07, 6.45) is 3.35. The van der Waals surface area contributed by atoms with E-state index in [0.29, 0.717) is 31.8 Å². The summed E-state index contributed by atoms with van der Waals surface area (Å²) in [6.45, 7) is 3.00. The average molecular weight is 487 g/mol. The zero-order chi connectivity index (χ0) is 21.0. The second kappa shape index (κ2) is 9.57.